The van der Waals surface area contributed by atoms with Crippen molar-refractivity contribution in [1.82, 2.24) is 5.32 Å². The number of aliphatic hydroxyl groups excluding tert-OH is 1. The fourth-order valence-corrected chi connectivity index (χ4v) is 2.92. The van der Waals surface area contributed by atoms with Crippen LogP contribution in [0.4, 0.5) is 0 Å². The Morgan fingerprint density at radius 1 is 1.48 bits per heavy atom. The molecule has 0 bridgehead atoms. The molecule has 0 unspecified atom stereocenters. The number of ether oxygens (including phenoxy) is 1. The summed E-state index contributed by atoms with van der Waals surface area (Å²) in [5.74, 6) is 1.01. The number of nitrogens with one attached hydrogen (secondary N) is 1. The Morgan fingerprint density at radius 3 is 3.10 bits per heavy atom. The van der Waals surface area contributed by atoms with Gasteiger partial charge in [-0.1, -0.05) is 0 Å². The highest BCUT2D eigenvalue weighted by Gasteiger charge is 2.24. The van der Waals surface area contributed by atoms with Crippen LogP contribution in [0.3, 0.4) is 0 Å². The zero-order valence-electron chi connectivity index (χ0n) is 11.5. The van der Waals surface area contributed by atoms with Crippen LogP contribution in [0.1, 0.15) is 18.3 Å². The number of thiophene rings is 1. The molecule has 1 amide bonds. The number of hydrogen-bond acceptors (Lipinski definition) is 5. The first kappa shape index (κ1) is 14.3. The Hall–Kier alpha value is -1.63. The predicted molar refractivity (Wildman–Crippen MR) is 78.9 cm³/mol. The summed E-state index contributed by atoms with van der Waals surface area (Å²) < 4.78 is 10.8. The van der Waals surface area contributed by atoms with Crippen molar-refractivity contribution in [2.24, 2.45) is 5.92 Å². The van der Waals surface area contributed by atoms with Gasteiger partial charge in [0.25, 0.3) is 0 Å². The average Bonchev–Trinajstić information content (AvgIpc) is 3.25. The summed E-state index contributed by atoms with van der Waals surface area (Å²) in [4.78, 5) is 11.8. The van der Waals surface area contributed by atoms with Crippen molar-refractivity contribution in [3.63, 3.8) is 0 Å². The topological polar surface area (TPSA) is 71.7 Å². The first-order valence-corrected chi connectivity index (χ1v) is 7.84. The largest absolute Gasteiger partial charge is 0.458 e. The van der Waals surface area contributed by atoms with E-state index in [9.17, 15) is 9.90 Å². The first-order valence-electron chi connectivity index (χ1n) is 6.90. The number of rotatable bonds is 5. The summed E-state index contributed by atoms with van der Waals surface area (Å²) in [5, 5.41) is 16.8. The molecule has 5 nitrogen and oxygen atoms in total. The molecule has 6 heteroatoms. The summed E-state index contributed by atoms with van der Waals surface area (Å²) in [6.07, 6.45) is -0.103. The molecule has 0 aliphatic carbocycles. The fraction of sp³-hybridized carbons (Fsp3) is 0.400. The van der Waals surface area contributed by atoms with E-state index in [1.165, 1.54) is 0 Å². The third kappa shape index (κ3) is 3.34. The molecule has 0 saturated carbocycles. The molecule has 3 rings (SSSR count). The van der Waals surface area contributed by atoms with Gasteiger partial charge < -0.3 is 19.6 Å². The number of furan rings is 1. The second-order valence-corrected chi connectivity index (χ2v) is 5.82. The number of aliphatic hydroxyl groups is 1. The third-order valence-corrected chi connectivity index (χ3v) is 4.21. The van der Waals surface area contributed by atoms with Gasteiger partial charge >= 0.3 is 0 Å². The van der Waals surface area contributed by atoms with Gasteiger partial charge in [0.05, 0.1) is 19.1 Å². The lowest BCUT2D eigenvalue weighted by atomic mass is 10.1. The SMILES string of the molecule is O=C(NC[C@H](O)c1ccc(-c2ccsc2)o1)[C@@H]1CCOC1. The van der Waals surface area contributed by atoms with Crippen LogP contribution in [0.2, 0.25) is 0 Å². The Bertz CT molecular complexity index is 587. The molecule has 1 saturated heterocycles. The minimum Gasteiger partial charge on any atom is -0.458 e. The standard InChI is InChI=1S/C15H17NO4S/c17-12(7-16-15(18)10-3-5-19-8-10)14-2-1-13(20-14)11-4-6-21-9-11/h1-2,4,6,9-10,12,17H,3,5,7-8H2,(H,16,18)/t10-,12+/m1/s1. The lowest BCUT2D eigenvalue weighted by Gasteiger charge is -2.12. The minimum atomic E-state index is -0.844. The lowest BCUT2D eigenvalue weighted by Crippen LogP contribution is -2.34. The molecule has 3 heterocycles. The maximum Gasteiger partial charge on any atom is 0.225 e. The molecule has 2 aromatic heterocycles. The minimum absolute atomic E-state index is 0.0730. The van der Waals surface area contributed by atoms with E-state index >= 15 is 0 Å². The number of carbonyl (C=O) groups is 1. The summed E-state index contributed by atoms with van der Waals surface area (Å²) in [7, 11) is 0. The lowest BCUT2D eigenvalue weighted by molar-refractivity contribution is -0.125. The molecule has 21 heavy (non-hydrogen) atoms. The molecule has 2 N–H and O–H groups in total. The van der Waals surface area contributed by atoms with Gasteiger partial charge in [0, 0.05) is 17.6 Å². The van der Waals surface area contributed by atoms with Crippen molar-refractivity contribution in [2.75, 3.05) is 19.8 Å². The molecule has 2 atom stereocenters. The Balaban J connectivity index is 1.55. The maximum absolute atomic E-state index is 11.8. The summed E-state index contributed by atoms with van der Waals surface area (Å²) in [6, 6.07) is 5.53. The normalized spacial score (nSPS) is 19.6. The number of carbonyl (C=O) groups excluding carboxylic acids is 1. The van der Waals surface area contributed by atoms with Crippen LogP contribution in [0.5, 0.6) is 0 Å². The van der Waals surface area contributed by atoms with E-state index in [2.05, 4.69) is 5.32 Å². The number of hydrogen-bond donors (Lipinski definition) is 2. The van der Waals surface area contributed by atoms with Gasteiger partial charge in [0.1, 0.15) is 17.6 Å². The highest BCUT2D eigenvalue weighted by molar-refractivity contribution is 7.08. The summed E-state index contributed by atoms with van der Waals surface area (Å²) in [6.45, 7) is 1.24. The van der Waals surface area contributed by atoms with Gasteiger partial charge in [-0.25, -0.2) is 0 Å². The first-order chi connectivity index (χ1) is 10.2. The maximum atomic E-state index is 11.8. The summed E-state index contributed by atoms with van der Waals surface area (Å²) >= 11 is 1.59. The second kappa shape index (κ2) is 6.43. The Labute approximate surface area is 126 Å². The summed E-state index contributed by atoms with van der Waals surface area (Å²) in [5.41, 5.74) is 0.991. The Kier molecular flexibility index (Phi) is 4.38. The monoisotopic (exact) mass is 307 g/mol. The zero-order valence-corrected chi connectivity index (χ0v) is 12.3. The van der Waals surface area contributed by atoms with E-state index in [0.717, 1.165) is 17.7 Å². The fourth-order valence-electron chi connectivity index (χ4n) is 2.28. The van der Waals surface area contributed by atoms with Crippen LogP contribution in [0.15, 0.2) is 33.4 Å². The predicted octanol–water partition coefficient (Wildman–Crippen LogP) is 2.19. The van der Waals surface area contributed by atoms with Crippen LogP contribution in [-0.2, 0) is 9.53 Å². The quantitative estimate of drug-likeness (QED) is 0.888. The number of amides is 1. The van der Waals surface area contributed by atoms with Gasteiger partial charge in [0.2, 0.25) is 5.91 Å². The average molecular weight is 307 g/mol. The molecule has 0 radical (unpaired) electrons. The van der Waals surface area contributed by atoms with Crippen molar-refractivity contribution >= 4 is 17.2 Å². The van der Waals surface area contributed by atoms with E-state index in [1.54, 1.807) is 17.4 Å². The molecule has 1 fully saturated rings. The van der Waals surface area contributed by atoms with E-state index in [1.807, 2.05) is 22.9 Å². The molecule has 0 spiro atoms. The Morgan fingerprint density at radius 2 is 2.38 bits per heavy atom. The molecule has 112 valence electrons. The van der Waals surface area contributed by atoms with Gasteiger partial charge in [-0.2, -0.15) is 11.3 Å². The van der Waals surface area contributed by atoms with Crippen molar-refractivity contribution in [3.8, 4) is 11.3 Å². The van der Waals surface area contributed by atoms with Crippen molar-refractivity contribution < 1.29 is 19.1 Å². The van der Waals surface area contributed by atoms with Gasteiger partial charge in [0.15, 0.2) is 0 Å². The third-order valence-electron chi connectivity index (χ3n) is 3.53. The van der Waals surface area contributed by atoms with Crippen molar-refractivity contribution in [3.05, 3.63) is 34.7 Å². The van der Waals surface area contributed by atoms with E-state index in [4.69, 9.17) is 9.15 Å². The van der Waals surface area contributed by atoms with Crippen LogP contribution in [0, 0.1) is 5.92 Å². The highest BCUT2D eigenvalue weighted by Crippen LogP contribution is 2.26. The smallest absolute Gasteiger partial charge is 0.225 e. The molecule has 2 aromatic rings. The van der Waals surface area contributed by atoms with E-state index in [-0.39, 0.29) is 18.4 Å². The van der Waals surface area contributed by atoms with E-state index < -0.39 is 6.10 Å². The van der Waals surface area contributed by atoms with Crippen LogP contribution < -0.4 is 5.32 Å². The molecular weight excluding hydrogens is 290 g/mol. The van der Waals surface area contributed by atoms with E-state index in [0.29, 0.717) is 19.0 Å². The van der Waals surface area contributed by atoms with Crippen LogP contribution >= 0.6 is 11.3 Å². The second-order valence-electron chi connectivity index (χ2n) is 5.04. The molecule has 0 aromatic carbocycles. The molecule has 1 aliphatic heterocycles. The van der Waals surface area contributed by atoms with Crippen molar-refractivity contribution in [2.45, 2.75) is 12.5 Å². The van der Waals surface area contributed by atoms with Gasteiger partial charge in [-0.15, -0.1) is 0 Å². The van der Waals surface area contributed by atoms with Crippen LogP contribution in [0.25, 0.3) is 11.3 Å². The zero-order chi connectivity index (χ0) is 14.7. The molecule has 1 aliphatic rings. The van der Waals surface area contributed by atoms with Gasteiger partial charge in [-0.3, -0.25) is 4.79 Å². The van der Waals surface area contributed by atoms with Gasteiger partial charge in [-0.05, 0) is 30.0 Å². The van der Waals surface area contributed by atoms with Crippen LogP contribution in [-0.4, -0.2) is 30.8 Å². The highest BCUT2D eigenvalue weighted by atomic mass is 32.1. The van der Waals surface area contributed by atoms with Crippen molar-refractivity contribution in [1.29, 1.82) is 0 Å². The molecular formula is C15H17NO4S.